The van der Waals surface area contributed by atoms with Gasteiger partial charge in [0.25, 0.3) is 5.91 Å². The molecule has 0 radical (unpaired) electrons. The highest BCUT2D eigenvalue weighted by Gasteiger charge is 2.20. The standard InChI is InChI=1S/C23H25N7O2/c1-14-4-5-16(26-23(31)18-12-29(3)28-15(18)2)10-17(14)19-11-20-21(25-13-24-20)22(27-19)30-6-8-32-9-7-30/h4-5,10-13H,6-9H2,1-3H3,(H,24,25)(H,26,31). The minimum atomic E-state index is -0.184. The van der Waals surface area contributed by atoms with Crippen molar-refractivity contribution in [3.8, 4) is 11.3 Å². The van der Waals surface area contributed by atoms with Crippen molar-refractivity contribution in [1.29, 1.82) is 0 Å². The van der Waals surface area contributed by atoms with E-state index in [4.69, 9.17) is 9.72 Å². The first kappa shape index (κ1) is 20.2. The molecule has 0 saturated carbocycles. The van der Waals surface area contributed by atoms with Crippen molar-refractivity contribution in [3.05, 3.63) is 53.6 Å². The number of morpholine rings is 1. The number of imidazole rings is 1. The molecule has 3 aromatic heterocycles. The van der Waals surface area contributed by atoms with Crippen LogP contribution in [0.5, 0.6) is 0 Å². The van der Waals surface area contributed by atoms with Gasteiger partial charge in [-0.1, -0.05) is 6.07 Å². The van der Waals surface area contributed by atoms with Crippen LogP contribution < -0.4 is 10.2 Å². The van der Waals surface area contributed by atoms with Crippen molar-refractivity contribution in [3.63, 3.8) is 0 Å². The topological polar surface area (TPSA) is 101 Å². The van der Waals surface area contributed by atoms with Crippen molar-refractivity contribution < 1.29 is 9.53 Å². The Labute approximate surface area is 185 Å². The minimum absolute atomic E-state index is 0.184. The molecule has 1 saturated heterocycles. The minimum Gasteiger partial charge on any atom is -0.378 e. The summed E-state index contributed by atoms with van der Waals surface area (Å²) in [5, 5.41) is 7.25. The first-order valence-electron chi connectivity index (χ1n) is 10.6. The number of aromatic amines is 1. The fourth-order valence-electron chi connectivity index (χ4n) is 4.06. The van der Waals surface area contributed by atoms with Gasteiger partial charge in [0.05, 0.1) is 42.0 Å². The molecule has 1 amide bonds. The molecule has 0 unspecified atom stereocenters. The van der Waals surface area contributed by atoms with E-state index in [2.05, 4.69) is 25.3 Å². The van der Waals surface area contributed by atoms with Crippen molar-refractivity contribution in [2.24, 2.45) is 7.05 Å². The molecule has 0 spiro atoms. The summed E-state index contributed by atoms with van der Waals surface area (Å²) in [6.45, 7) is 6.76. The summed E-state index contributed by atoms with van der Waals surface area (Å²) >= 11 is 0. The van der Waals surface area contributed by atoms with Crippen LogP contribution in [0.4, 0.5) is 11.5 Å². The number of aromatic nitrogens is 5. The second-order valence-corrected chi connectivity index (χ2v) is 8.01. The summed E-state index contributed by atoms with van der Waals surface area (Å²) in [6.07, 6.45) is 3.42. The average Bonchev–Trinajstić information content (AvgIpc) is 3.40. The van der Waals surface area contributed by atoms with Gasteiger partial charge in [-0.25, -0.2) is 9.97 Å². The molecule has 32 heavy (non-hydrogen) atoms. The third kappa shape index (κ3) is 3.71. The molecule has 2 N–H and O–H groups in total. The second kappa shape index (κ2) is 8.08. The van der Waals surface area contributed by atoms with E-state index in [1.165, 1.54) is 0 Å². The number of aryl methyl sites for hydroxylation is 3. The molecule has 5 rings (SSSR count). The number of rotatable bonds is 4. The zero-order valence-electron chi connectivity index (χ0n) is 18.3. The lowest BCUT2D eigenvalue weighted by molar-refractivity contribution is 0.102. The lowest BCUT2D eigenvalue weighted by Gasteiger charge is -2.28. The average molecular weight is 432 g/mol. The van der Waals surface area contributed by atoms with Crippen LogP contribution in [0.25, 0.3) is 22.3 Å². The summed E-state index contributed by atoms with van der Waals surface area (Å²) in [7, 11) is 1.80. The molecule has 1 aliphatic heterocycles. The maximum absolute atomic E-state index is 12.8. The van der Waals surface area contributed by atoms with Crippen molar-refractivity contribution in [2.45, 2.75) is 13.8 Å². The monoisotopic (exact) mass is 431 g/mol. The number of hydrogen-bond donors (Lipinski definition) is 2. The van der Waals surface area contributed by atoms with Crippen LogP contribution in [-0.2, 0) is 11.8 Å². The van der Waals surface area contributed by atoms with Gasteiger partial charge in [-0.15, -0.1) is 0 Å². The first-order valence-corrected chi connectivity index (χ1v) is 10.6. The number of H-pyrrole nitrogens is 1. The molecule has 0 atom stereocenters. The van der Waals surface area contributed by atoms with Gasteiger partial charge in [0, 0.05) is 37.6 Å². The van der Waals surface area contributed by atoms with Gasteiger partial charge in [-0.3, -0.25) is 9.48 Å². The zero-order valence-corrected chi connectivity index (χ0v) is 18.3. The Morgan fingerprint density at radius 1 is 1.19 bits per heavy atom. The Balaban J connectivity index is 1.52. The van der Waals surface area contributed by atoms with Crippen LogP contribution >= 0.6 is 0 Å². The van der Waals surface area contributed by atoms with Crippen LogP contribution in [0.3, 0.4) is 0 Å². The number of benzene rings is 1. The number of pyridine rings is 1. The lowest BCUT2D eigenvalue weighted by atomic mass is 10.0. The molecule has 0 aliphatic carbocycles. The van der Waals surface area contributed by atoms with Crippen LogP contribution in [0.1, 0.15) is 21.6 Å². The fraction of sp³-hybridized carbons (Fsp3) is 0.304. The number of ether oxygens (including phenoxy) is 1. The molecule has 164 valence electrons. The number of nitrogens with zero attached hydrogens (tertiary/aromatic N) is 5. The molecule has 9 heteroatoms. The molecule has 1 aromatic carbocycles. The van der Waals surface area contributed by atoms with Crippen LogP contribution in [-0.4, -0.2) is 56.9 Å². The lowest BCUT2D eigenvalue weighted by Crippen LogP contribution is -2.37. The number of carbonyl (C=O) groups excluding carboxylic acids is 1. The molecule has 9 nitrogen and oxygen atoms in total. The second-order valence-electron chi connectivity index (χ2n) is 8.01. The highest BCUT2D eigenvalue weighted by molar-refractivity contribution is 6.05. The van der Waals surface area contributed by atoms with E-state index in [0.717, 1.165) is 46.8 Å². The maximum atomic E-state index is 12.8. The van der Waals surface area contributed by atoms with Crippen molar-refractivity contribution in [1.82, 2.24) is 24.7 Å². The summed E-state index contributed by atoms with van der Waals surface area (Å²) in [5.41, 5.74) is 6.59. The van der Waals surface area contributed by atoms with Crippen LogP contribution in [0.15, 0.2) is 36.8 Å². The number of amides is 1. The van der Waals surface area contributed by atoms with Gasteiger partial charge < -0.3 is 19.9 Å². The van der Waals surface area contributed by atoms with Gasteiger partial charge in [0.2, 0.25) is 0 Å². The van der Waals surface area contributed by atoms with Crippen molar-refractivity contribution >= 4 is 28.4 Å². The molecule has 4 aromatic rings. The molecular formula is C23H25N7O2. The largest absolute Gasteiger partial charge is 0.378 e. The Morgan fingerprint density at radius 2 is 2.00 bits per heavy atom. The number of carbonyl (C=O) groups is 1. The van der Waals surface area contributed by atoms with E-state index in [1.54, 1.807) is 24.3 Å². The number of nitrogens with one attached hydrogen (secondary N) is 2. The molecule has 0 bridgehead atoms. The zero-order chi connectivity index (χ0) is 22.2. The van der Waals surface area contributed by atoms with Gasteiger partial charge in [0.15, 0.2) is 5.82 Å². The third-order valence-electron chi connectivity index (χ3n) is 5.73. The van der Waals surface area contributed by atoms with Crippen LogP contribution in [0, 0.1) is 13.8 Å². The Morgan fingerprint density at radius 3 is 2.75 bits per heavy atom. The number of hydrogen-bond acceptors (Lipinski definition) is 6. The maximum Gasteiger partial charge on any atom is 0.259 e. The van der Waals surface area contributed by atoms with Gasteiger partial charge >= 0.3 is 0 Å². The van der Waals surface area contributed by atoms with E-state index in [0.29, 0.717) is 30.2 Å². The van der Waals surface area contributed by atoms with Gasteiger partial charge in [0.1, 0.15) is 5.52 Å². The highest BCUT2D eigenvalue weighted by Crippen LogP contribution is 2.31. The van der Waals surface area contributed by atoms with Crippen molar-refractivity contribution in [2.75, 3.05) is 36.5 Å². The molecule has 1 aliphatic rings. The number of anilines is 2. The third-order valence-corrected chi connectivity index (χ3v) is 5.73. The van der Waals surface area contributed by atoms with Crippen LogP contribution in [0.2, 0.25) is 0 Å². The summed E-state index contributed by atoms with van der Waals surface area (Å²) in [5.74, 6) is 0.665. The first-order chi connectivity index (χ1) is 15.5. The Kier molecular flexibility index (Phi) is 5.10. The van der Waals surface area contributed by atoms with E-state index in [-0.39, 0.29) is 5.91 Å². The highest BCUT2D eigenvalue weighted by atomic mass is 16.5. The van der Waals surface area contributed by atoms with E-state index < -0.39 is 0 Å². The normalized spacial score (nSPS) is 14.2. The Bertz CT molecular complexity index is 1300. The number of fused-ring (bicyclic) bond motifs is 1. The molecular weight excluding hydrogens is 406 g/mol. The fourth-order valence-corrected chi connectivity index (χ4v) is 4.06. The Hall–Kier alpha value is -3.72. The predicted molar refractivity (Wildman–Crippen MR) is 123 cm³/mol. The quantitative estimate of drug-likeness (QED) is 0.515. The van der Waals surface area contributed by atoms with E-state index >= 15 is 0 Å². The molecule has 1 fully saturated rings. The van der Waals surface area contributed by atoms with E-state index in [9.17, 15) is 4.79 Å². The predicted octanol–water partition coefficient (Wildman–Crippen LogP) is 3.06. The molecule has 4 heterocycles. The van der Waals surface area contributed by atoms with Gasteiger partial charge in [-0.2, -0.15) is 5.10 Å². The van der Waals surface area contributed by atoms with Gasteiger partial charge in [-0.05, 0) is 37.6 Å². The smallest absolute Gasteiger partial charge is 0.259 e. The SMILES string of the molecule is Cc1ccc(NC(=O)c2cn(C)nc2C)cc1-c1cc2[nH]cnc2c(N2CCOCC2)n1. The summed E-state index contributed by atoms with van der Waals surface area (Å²) in [4.78, 5) is 27.7. The summed E-state index contributed by atoms with van der Waals surface area (Å²) in [6, 6.07) is 7.87. The van der Waals surface area contributed by atoms with E-state index in [1.807, 2.05) is 38.1 Å². The summed E-state index contributed by atoms with van der Waals surface area (Å²) < 4.78 is 7.14.